The van der Waals surface area contributed by atoms with E-state index < -0.39 is 0 Å². The Kier molecular flexibility index (Phi) is 6.19. The molecule has 0 bridgehead atoms. The molecule has 0 aliphatic rings. The maximum absolute atomic E-state index is 12.4. The normalized spacial score (nSPS) is 9.92. The van der Waals surface area contributed by atoms with Crippen LogP contribution in [0.2, 0.25) is 0 Å². The van der Waals surface area contributed by atoms with Crippen molar-refractivity contribution in [1.82, 2.24) is 5.32 Å². The van der Waals surface area contributed by atoms with E-state index in [0.717, 1.165) is 11.4 Å². The molecule has 0 saturated carbocycles. The number of hydrogen-bond donors (Lipinski definition) is 2. The summed E-state index contributed by atoms with van der Waals surface area (Å²) in [7, 11) is 6.99. The highest BCUT2D eigenvalue weighted by atomic mass is 32.1. The molecular formula is C18H21N3O3S. The fourth-order valence-electron chi connectivity index (χ4n) is 2.12. The number of benzene rings is 2. The van der Waals surface area contributed by atoms with Gasteiger partial charge in [-0.25, -0.2) is 0 Å². The van der Waals surface area contributed by atoms with Gasteiger partial charge in [0, 0.05) is 37.1 Å². The topological polar surface area (TPSA) is 62.8 Å². The lowest BCUT2D eigenvalue weighted by molar-refractivity contribution is 0.0977. The van der Waals surface area contributed by atoms with E-state index in [4.69, 9.17) is 21.7 Å². The third-order valence-electron chi connectivity index (χ3n) is 3.48. The van der Waals surface area contributed by atoms with Crippen molar-refractivity contribution in [2.24, 2.45) is 0 Å². The third kappa shape index (κ3) is 5.09. The highest BCUT2D eigenvalue weighted by molar-refractivity contribution is 7.80. The Balaban J connectivity index is 2.03. The summed E-state index contributed by atoms with van der Waals surface area (Å²) < 4.78 is 10.3. The molecule has 0 fully saturated rings. The number of ether oxygens (including phenoxy) is 2. The van der Waals surface area contributed by atoms with Crippen LogP contribution >= 0.6 is 12.2 Å². The Bertz CT molecular complexity index is 738. The first-order chi connectivity index (χ1) is 11.9. The summed E-state index contributed by atoms with van der Waals surface area (Å²) >= 11 is 5.20. The van der Waals surface area contributed by atoms with Gasteiger partial charge in [0.15, 0.2) is 5.11 Å². The average Bonchev–Trinajstić information content (AvgIpc) is 2.61. The zero-order chi connectivity index (χ0) is 18.4. The lowest BCUT2D eigenvalue weighted by Gasteiger charge is -2.14. The van der Waals surface area contributed by atoms with Gasteiger partial charge in [0.1, 0.15) is 11.5 Å². The van der Waals surface area contributed by atoms with Crippen LogP contribution < -0.4 is 25.0 Å². The number of amides is 1. The average molecular weight is 359 g/mol. The highest BCUT2D eigenvalue weighted by Gasteiger charge is 2.11. The summed E-state index contributed by atoms with van der Waals surface area (Å²) in [5.41, 5.74) is 2.26. The number of hydrogen-bond acceptors (Lipinski definition) is 5. The van der Waals surface area contributed by atoms with E-state index >= 15 is 0 Å². The Morgan fingerprint density at radius 3 is 2.04 bits per heavy atom. The van der Waals surface area contributed by atoms with E-state index in [1.807, 2.05) is 43.3 Å². The predicted molar refractivity (Wildman–Crippen MR) is 104 cm³/mol. The standard InChI is InChI=1S/C18H21N3O3S/c1-21(2)14-7-5-13(6-8-14)19-18(25)20-17(22)12-9-15(23-3)11-16(10-12)24-4/h5-11H,1-4H3,(H2,19,20,22,25). The third-order valence-corrected chi connectivity index (χ3v) is 3.69. The van der Waals surface area contributed by atoms with Crippen molar-refractivity contribution < 1.29 is 14.3 Å². The van der Waals surface area contributed by atoms with Crippen LogP contribution in [0.3, 0.4) is 0 Å². The Morgan fingerprint density at radius 1 is 1.00 bits per heavy atom. The molecule has 6 nitrogen and oxygen atoms in total. The number of nitrogens with one attached hydrogen (secondary N) is 2. The molecule has 0 aliphatic carbocycles. The quantitative estimate of drug-likeness (QED) is 0.801. The van der Waals surface area contributed by atoms with Crippen LogP contribution in [0.1, 0.15) is 10.4 Å². The van der Waals surface area contributed by atoms with E-state index in [0.29, 0.717) is 17.1 Å². The van der Waals surface area contributed by atoms with Gasteiger partial charge in [-0.15, -0.1) is 0 Å². The molecule has 25 heavy (non-hydrogen) atoms. The molecule has 1 amide bonds. The second kappa shape index (κ2) is 8.34. The monoisotopic (exact) mass is 359 g/mol. The lowest BCUT2D eigenvalue weighted by Crippen LogP contribution is -2.34. The molecule has 2 aromatic rings. The van der Waals surface area contributed by atoms with E-state index in [1.54, 1.807) is 18.2 Å². The number of nitrogens with zero attached hydrogens (tertiary/aromatic N) is 1. The Labute approximate surface area is 152 Å². The van der Waals surface area contributed by atoms with E-state index in [-0.39, 0.29) is 11.0 Å². The van der Waals surface area contributed by atoms with Crippen molar-refractivity contribution in [3.63, 3.8) is 0 Å². The number of methoxy groups -OCH3 is 2. The smallest absolute Gasteiger partial charge is 0.257 e. The zero-order valence-corrected chi connectivity index (χ0v) is 15.4. The van der Waals surface area contributed by atoms with Crippen molar-refractivity contribution in [3.05, 3.63) is 48.0 Å². The molecule has 0 heterocycles. The summed E-state index contributed by atoms with van der Waals surface area (Å²) in [6, 6.07) is 12.6. The van der Waals surface area contributed by atoms with Crippen molar-refractivity contribution in [2.45, 2.75) is 0 Å². The van der Waals surface area contributed by atoms with Gasteiger partial charge in [0.05, 0.1) is 14.2 Å². The predicted octanol–water partition coefficient (Wildman–Crippen LogP) is 2.90. The number of thiocarbonyl (C=S) groups is 1. The molecule has 132 valence electrons. The van der Waals surface area contributed by atoms with Crippen LogP contribution in [0.15, 0.2) is 42.5 Å². The van der Waals surface area contributed by atoms with E-state index in [2.05, 4.69) is 10.6 Å². The molecule has 0 aliphatic heterocycles. The van der Waals surface area contributed by atoms with Crippen molar-refractivity contribution in [1.29, 1.82) is 0 Å². The van der Waals surface area contributed by atoms with Gasteiger partial charge in [0.25, 0.3) is 5.91 Å². The number of rotatable bonds is 5. The second-order valence-corrected chi connectivity index (χ2v) is 5.86. The van der Waals surface area contributed by atoms with E-state index in [1.165, 1.54) is 14.2 Å². The van der Waals surface area contributed by atoms with Crippen LogP contribution in [-0.2, 0) is 0 Å². The fraction of sp³-hybridized carbons (Fsp3) is 0.222. The number of carbonyl (C=O) groups excluding carboxylic acids is 1. The Morgan fingerprint density at radius 2 is 1.56 bits per heavy atom. The first kappa shape index (κ1) is 18.5. The minimum absolute atomic E-state index is 0.212. The van der Waals surface area contributed by atoms with Gasteiger partial charge in [-0.05, 0) is 48.6 Å². The molecule has 0 unspecified atom stereocenters. The molecule has 2 aromatic carbocycles. The fourth-order valence-corrected chi connectivity index (χ4v) is 2.33. The van der Waals surface area contributed by atoms with Crippen LogP contribution in [0.5, 0.6) is 11.5 Å². The van der Waals surface area contributed by atoms with Gasteiger partial charge in [-0.3, -0.25) is 10.1 Å². The zero-order valence-electron chi connectivity index (χ0n) is 14.6. The minimum atomic E-state index is -0.348. The molecule has 2 rings (SSSR count). The van der Waals surface area contributed by atoms with E-state index in [9.17, 15) is 4.79 Å². The molecule has 0 atom stereocenters. The van der Waals surface area contributed by atoms with Gasteiger partial charge >= 0.3 is 0 Å². The summed E-state index contributed by atoms with van der Waals surface area (Å²) in [5, 5.41) is 5.84. The molecule has 0 spiro atoms. The minimum Gasteiger partial charge on any atom is -0.497 e. The van der Waals surface area contributed by atoms with Gasteiger partial charge in [-0.1, -0.05) is 0 Å². The van der Waals surface area contributed by atoms with Crippen LogP contribution in [0.4, 0.5) is 11.4 Å². The number of carbonyl (C=O) groups is 1. The number of anilines is 2. The Hall–Kier alpha value is -2.80. The summed E-state index contributed by atoms with van der Waals surface area (Å²) in [5.74, 6) is 0.713. The summed E-state index contributed by atoms with van der Waals surface area (Å²) in [4.78, 5) is 14.4. The van der Waals surface area contributed by atoms with Crippen molar-refractivity contribution in [2.75, 3.05) is 38.5 Å². The molecule has 0 aromatic heterocycles. The van der Waals surface area contributed by atoms with Crippen LogP contribution in [-0.4, -0.2) is 39.3 Å². The second-order valence-electron chi connectivity index (χ2n) is 5.45. The first-order valence-corrected chi connectivity index (χ1v) is 7.96. The maximum atomic E-state index is 12.4. The van der Waals surface area contributed by atoms with Crippen molar-refractivity contribution >= 4 is 34.6 Å². The van der Waals surface area contributed by atoms with Crippen LogP contribution in [0, 0.1) is 0 Å². The molecule has 2 N–H and O–H groups in total. The molecular weight excluding hydrogens is 338 g/mol. The van der Waals surface area contributed by atoms with Crippen LogP contribution in [0.25, 0.3) is 0 Å². The molecule has 0 saturated heterocycles. The van der Waals surface area contributed by atoms with Gasteiger partial charge in [0.2, 0.25) is 0 Å². The molecule has 7 heteroatoms. The van der Waals surface area contributed by atoms with Gasteiger partial charge in [-0.2, -0.15) is 0 Å². The summed E-state index contributed by atoms with van der Waals surface area (Å²) in [6.45, 7) is 0. The maximum Gasteiger partial charge on any atom is 0.257 e. The highest BCUT2D eigenvalue weighted by Crippen LogP contribution is 2.22. The first-order valence-electron chi connectivity index (χ1n) is 7.55. The largest absolute Gasteiger partial charge is 0.497 e. The van der Waals surface area contributed by atoms with Crippen molar-refractivity contribution in [3.8, 4) is 11.5 Å². The SMILES string of the molecule is COc1cc(OC)cc(C(=O)NC(=S)Nc2ccc(N(C)C)cc2)c1. The molecule has 0 radical (unpaired) electrons. The van der Waals surface area contributed by atoms with Gasteiger partial charge < -0.3 is 19.7 Å². The summed E-state index contributed by atoms with van der Waals surface area (Å²) in [6.07, 6.45) is 0. The lowest BCUT2D eigenvalue weighted by atomic mass is 10.2.